The van der Waals surface area contributed by atoms with Gasteiger partial charge in [-0.25, -0.2) is 18.2 Å². The number of rotatable bonds is 4. The van der Waals surface area contributed by atoms with Crippen molar-refractivity contribution >= 4 is 5.91 Å². The second kappa shape index (κ2) is 8.75. The second-order valence-electron chi connectivity index (χ2n) is 7.62. The number of fused-ring (bicyclic) bond motifs is 1. The van der Waals surface area contributed by atoms with Crippen molar-refractivity contribution in [3.63, 3.8) is 0 Å². The van der Waals surface area contributed by atoms with E-state index in [2.05, 4.69) is 15.3 Å². The van der Waals surface area contributed by atoms with E-state index in [1.807, 2.05) is 0 Å². The van der Waals surface area contributed by atoms with E-state index >= 15 is 0 Å². The van der Waals surface area contributed by atoms with Gasteiger partial charge in [-0.15, -0.1) is 0 Å². The normalized spacial score (nSPS) is 15.8. The van der Waals surface area contributed by atoms with Crippen molar-refractivity contribution < 1.29 is 18.0 Å². The van der Waals surface area contributed by atoms with Gasteiger partial charge in [0.05, 0.1) is 11.3 Å². The first-order valence-electron chi connectivity index (χ1n) is 10.0. The number of carbonyl (C=O) groups excluding carboxylic acids is 1. The molecule has 5 nitrogen and oxygen atoms in total. The summed E-state index contributed by atoms with van der Waals surface area (Å²) in [6.07, 6.45) is 2.42. The van der Waals surface area contributed by atoms with Crippen LogP contribution in [0.2, 0.25) is 0 Å². The third-order valence-electron chi connectivity index (χ3n) is 5.54. The Morgan fingerprint density at radius 3 is 2.48 bits per heavy atom. The molecule has 4 rings (SSSR count). The van der Waals surface area contributed by atoms with Crippen molar-refractivity contribution in [3.8, 4) is 11.4 Å². The zero-order chi connectivity index (χ0) is 22.0. The fourth-order valence-electron chi connectivity index (χ4n) is 3.80. The average Bonchev–Trinajstić information content (AvgIpc) is 2.95. The van der Waals surface area contributed by atoms with E-state index in [1.54, 1.807) is 12.1 Å². The van der Waals surface area contributed by atoms with Gasteiger partial charge >= 0.3 is 0 Å². The van der Waals surface area contributed by atoms with E-state index in [4.69, 9.17) is 0 Å². The fraction of sp³-hybridized carbons (Fsp3) is 0.261. The van der Waals surface area contributed by atoms with Gasteiger partial charge in [0, 0.05) is 23.7 Å². The molecule has 0 radical (unpaired) electrons. The third-order valence-corrected chi connectivity index (χ3v) is 5.54. The quantitative estimate of drug-likeness (QED) is 0.623. The summed E-state index contributed by atoms with van der Waals surface area (Å²) in [6, 6.07) is 8.56. The summed E-state index contributed by atoms with van der Waals surface area (Å²) in [5, 5.41) is 2.70. The molecule has 8 heteroatoms. The summed E-state index contributed by atoms with van der Waals surface area (Å²) in [5.74, 6) is -2.15. The number of aryl methyl sites for hydroxylation is 1. The van der Waals surface area contributed by atoms with Crippen molar-refractivity contribution in [3.05, 3.63) is 87.1 Å². The molecule has 2 N–H and O–H groups in total. The highest BCUT2D eigenvalue weighted by Gasteiger charge is 2.22. The monoisotopic (exact) mass is 427 g/mol. The molecule has 0 fully saturated rings. The van der Waals surface area contributed by atoms with Crippen molar-refractivity contribution in [2.24, 2.45) is 5.92 Å². The highest BCUT2D eigenvalue weighted by Crippen LogP contribution is 2.23. The van der Waals surface area contributed by atoms with Gasteiger partial charge in [0.15, 0.2) is 0 Å². The van der Waals surface area contributed by atoms with Crippen LogP contribution >= 0.6 is 0 Å². The number of amides is 1. The number of aromatic amines is 1. The summed E-state index contributed by atoms with van der Waals surface area (Å²) in [7, 11) is 0. The Labute approximate surface area is 176 Å². The van der Waals surface area contributed by atoms with Gasteiger partial charge in [0.1, 0.15) is 23.3 Å². The molecule has 1 aromatic heterocycles. The molecule has 1 atom stereocenters. The summed E-state index contributed by atoms with van der Waals surface area (Å²) >= 11 is 0. The largest absolute Gasteiger partial charge is 0.352 e. The molecule has 31 heavy (non-hydrogen) atoms. The van der Waals surface area contributed by atoms with Gasteiger partial charge in [-0.3, -0.25) is 9.59 Å². The lowest BCUT2D eigenvalue weighted by Crippen LogP contribution is -2.30. The van der Waals surface area contributed by atoms with E-state index in [0.717, 1.165) is 12.1 Å². The molecule has 3 aromatic rings. The Kier molecular flexibility index (Phi) is 5.88. The maximum atomic E-state index is 13.8. The summed E-state index contributed by atoms with van der Waals surface area (Å²) in [4.78, 5) is 32.2. The maximum Gasteiger partial charge on any atom is 0.254 e. The lowest BCUT2D eigenvalue weighted by Gasteiger charge is -2.15. The number of hydrogen-bond acceptors (Lipinski definition) is 3. The molecule has 2 aromatic carbocycles. The predicted molar refractivity (Wildman–Crippen MR) is 109 cm³/mol. The summed E-state index contributed by atoms with van der Waals surface area (Å²) in [5.41, 5.74) is 1.50. The first-order valence-corrected chi connectivity index (χ1v) is 10.0. The van der Waals surface area contributed by atoms with E-state index < -0.39 is 17.5 Å². The predicted octanol–water partition coefficient (Wildman–Crippen LogP) is 3.78. The lowest BCUT2D eigenvalue weighted by atomic mass is 9.99. The molecular weight excluding hydrogens is 407 g/mol. The van der Waals surface area contributed by atoms with Crippen LogP contribution in [0.3, 0.4) is 0 Å². The Bertz CT molecular complexity index is 1180. The number of nitrogens with zero attached hydrogens (tertiary/aromatic N) is 1. The SMILES string of the molecule is O=C(NCC1CCc2nc(-c3ccc(F)cc3)[nH]c(=O)c2CC1)c1ccc(F)cc1F. The van der Waals surface area contributed by atoms with E-state index in [0.29, 0.717) is 60.9 Å². The van der Waals surface area contributed by atoms with Crippen LogP contribution in [0.25, 0.3) is 11.4 Å². The van der Waals surface area contributed by atoms with Gasteiger partial charge in [-0.2, -0.15) is 0 Å². The number of nitrogens with one attached hydrogen (secondary N) is 2. The smallest absolute Gasteiger partial charge is 0.254 e. The highest BCUT2D eigenvalue weighted by molar-refractivity contribution is 5.94. The molecule has 0 spiro atoms. The van der Waals surface area contributed by atoms with Gasteiger partial charge in [0.25, 0.3) is 11.5 Å². The Morgan fingerprint density at radius 1 is 1.03 bits per heavy atom. The fourth-order valence-corrected chi connectivity index (χ4v) is 3.80. The molecule has 0 bridgehead atoms. The number of carbonyl (C=O) groups is 1. The minimum absolute atomic E-state index is 0.0790. The molecule has 1 aliphatic rings. The molecular formula is C23H20F3N3O2. The topological polar surface area (TPSA) is 74.8 Å². The standard InChI is InChI=1S/C23H20F3N3O2/c24-15-5-3-14(4-6-15)21-28-20-10-2-13(1-8-18(20)23(31)29-21)12-27-22(30)17-9-7-16(25)11-19(17)26/h3-7,9,11,13H,1-2,8,10,12H2,(H,27,30)(H,28,29,31). The lowest BCUT2D eigenvalue weighted by molar-refractivity contribution is 0.0941. The number of aromatic nitrogens is 2. The van der Waals surface area contributed by atoms with Crippen LogP contribution in [0.15, 0.2) is 47.3 Å². The number of halogens is 3. The summed E-state index contributed by atoms with van der Waals surface area (Å²) in [6.45, 7) is 0.312. The van der Waals surface area contributed by atoms with E-state index in [9.17, 15) is 22.8 Å². The van der Waals surface area contributed by atoms with Crippen molar-refractivity contribution in [1.82, 2.24) is 15.3 Å². The molecule has 1 aliphatic carbocycles. The van der Waals surface area contributed by atoms with E-state index in [-0.39, 0.29) is 22.9 Å². The highest BCUT2D eigenvalue weighted by atomic mass is 19.1. The minimum atomic E-state index is -0.908. The molecule has 0 saturated heterocycles. The number of hydrogen-bond donors (Lipinski definition) is 2. The van der Waals surface area contributed by atoms with E-state index in [1.165, 1.54) is 12.1 Å². The van der Waals surface area contributed by atoms with Crippen LogP contribution in [0.1, 0.15) is 34.5 Å². The van der Waals surface area contributed by atoms with Gasteiger partial charge in [0.2, 0.25) is 0 Å². The van der Waals surface area contributed by atoms with Crippen LogP contribution in [0.5, 0.6) is 0 Å². The van der Waals surface area contributed by atoms with Gasteiger partial charge < -0.3 is 10.3 Å². The zero-order valence-corrected chi connectivity index (χ0v) is 16.6. The molecule has 0 saturated carbocycles. The van der Waals surface area contributed by atoms with Crippen LogP contribution in [-0.2, 0) is 12.8 Å². The number of H-pyrrole nitrogens is 1. The Balaban J connectivity index is 1.44. The zero-order valence-electron chi connectivity index (χ0n) is 16.6. The molecule has 160 valence electrons. The van der Waals surface area contributed by atoms with Crippen LogP contribution in [0.4, 0.5) is 13.2 Å². The first-order chi connectivity index (χ1) is 14.9. The Morgan fingerprint density at radius 2 is 1.74 bits per heavy atom. The van der Waals surface area contributed by atoms with Gasteiger partial charge in [-0.1, -0.05) is 0 Å². The summed E-state index contributed by atoms with van der Waals surface area (Å²) < 4.78 is 40.0. The third kappa shape index (κ3) is 4.68. The average molecular weight is 427 g/mol. The molecule has 1 amide bonds. The van der Waals surface area contributed by atoms with Crippen LogP contribution in [0, 0.1) is 23.4 Å². The minimum Gasteiger partial charge on any atom is -0.352 e. The molecule has 1 heterocycles. The van der Waals surface area contributed by atoms with Crippen LogP contribution < -0.4 is 10.9 Å². The molecule has 0 aliphatic heterocycles. The number of benzene rings is 2. The van der Waals surface area contributed by atoms with Gasteiger partial charge in [-0.05, 0) is 68.0 Å². The molecule has 1 unspecified atom stereocenters. The maximum absolute atomic E-state index is 13.8. The van der Waals surface area contributed by atoms with Crippen molar-refractivity contribution in [1.29, 1.82) is 0 Å². The van der Waals surface area contributed by atoms with Crippen molar-refractivity contribution in [2.75, 3.05) is 6.54 Å². The first kappa shape index (κ1) is 20.8. The Hall–Kier alpha value is -3.42. The van der Waals surface area contributed by atoms with Crippen molar-refractivity contribution in [2.45, 2.75) is 25.7 Å². The van der Waals surface area contributed by atoms with Crippen LogP contribution in [-0.4, -0.2) is 22.4 Å². The second-order valence-corrected chi connectivity index (χ2v) is 7.62.